The Kier molecular flexibility index (Phi) is 6.67. The van der Waals surface area contributed by atoms with E-state index in [9.17, 15) is 13.6 Å². The van der Waals surface area contributed by atoms with E-state index in [2.05, 4.69) is 15.4 Å². The highest BCUT2D eigenvalue weighted by molar-refractivity contribution is 5.85. The standard InChI is InChI=1S/C13H16F2N2O2.ClH/c14-13(15)19-11-6-2-1-4-9(11)8-17-12(18)10-5-3-7-16-10;/h1-2,4,6,10,13,16H,3,5,7-8H2,(H,17,18);1H. The first kappa shape index (κ1) is 16.7. The number of hydrogen-bond acceptors (Lipinski definition) is 3. The van der Waals surface area contributed by atoms with Crippen molar-refractivity contribution in [3.8, 4) is 5.75 Å². The molecule has 1 aromatic carbocycles. The fourth-order valence-corrected chi connectivity index (χ4v) is 2.07. The minimum absolute atomic E-state index is 0. The Morgan fingerprint density at radius 1 is 1.45 bits per heavy atom. The smallest absolute Gasteiger partial charge is 0.387 e. The fraction of sp³-hybridized carbons (Fsp3) is 0.462. The number of carbonyl (C=O) groups excluding carboxylic acids is 1. The minimum Gasteiger partial charge on any atom is -0.434 e. The third-order valence-corrected chi connectivity index (χ3v) is 3.02. The van der Waals surface area contributed by atoms with Crippen LogP contribution >= 0.6 is 12.4 Å². The molecule has 2 N–H and O–H groups in total. The molecule has 0 radical (unpaired) electrons. The SMILES string of the molecule is Cl.O=C(NCc1ccccc1OC(F)F)C1CCCN1. The van der Waals surface area contributed by atoms with Gasteiger partial charge in [0, 0.05) is 12.1 Å². The summed E-state index contributed by atoms with van der Waals surface area (Å²) in [7, 11) is 0. The number of para-hydroxylation sites is 1. The van der Waals surface area contributed by atoms with Crippen molar-refractivity contribution >= 4 is 18.3 Å². The molecule has 0 aliphatic carbocycles. The first-order valence-electron chi connectivity index (χ1n) is 6.20. The number of amides is 1. The van der Waals surface area contributed by atoms with Gasteiger partial charge in [-0.3, -0.25) is 4.79 Å². The van der Waals surface area contributed by atoms with Crippen molar-refractivity contribution < 1.29 is 18.3 Å². The van der Waals surface area contributed by atoms with E-state index in [0.29, 0.717) is 5.56 Å². The van der Waals surface area contributed by atoms with Gasteiger partial charge in [-0.25, -0.2) is 0 Å². The molecule has 1 amide bonds. The van der Waals surface area contributed by atoms with E-state index in [4.69, 9.17) is 0 Å². The van der Waals surface area contributed by atoms with Crippen molar-refractivity contribution in [2.75, 3.05) is 6.54 Å². The maximum absolute atomic E-state index is 12.2. The number of halogens is 3. The van der Waals surface area contributed by atoms with E-state index < -0.39 is 6.61 Å². The lowest BCUT2D eigenvalue weighted by Crippen LogP contribution is -2.40. The van der Waals surface area contributed by atoms with Gasteiger partial charge in [0.25, 0.3) is 0 Å². The van der Waals surface area contributed by atoms with E-state index >= 15 is 0 Å². The average Bonchev–Trinajstić information content (AvgIpc) is 2.90. The second-order valence-corrected chi connectivity index (χ2v) is 4.35. The molecule has 0 saturated carbocycles. The molecule has 112 valence electrons. The number of alkyl halides is 2. The molecule has 1 saturated heterocycles. The van der Waals surface area contributed by atoms with Gasteiger partial charge in [0.05, 0.1) is 6.04 Å². The molecule has 1 heterocycles. The summed E-state index contributed by atoms with van der Waals surface area (Å²) in [6, 6.07) is 6.26. The molecule has 1 aliphatic rings. The zero-order valence-electron chi connectivity index (χ0n) is 10.8. The van der Waals surface area contributed by atoms with E-state index in [1.165, 1.54) is 6.07 Å². The van der Waals surface area contributed by atoms with Crippen molar-refractivity contribution in [2.24, 2.45) is 0 Å². The van der Waals surface area contributed by atoms with Gasteiger partial charge in [-0.05, 0) is 25.5 Å². The summed E-state index contributed by atoms with van der Waals surface area (Å²) in [5, 5.41) is 5.80. The van der Waals surface area contributed by atoms with E-state index in [-0.39, 0.29) is 36.7 Å². The molecule has 7 heteroatoms. The van der Waals surface area contributed by atoms with Gasteiger partial charge in [0.1, 0.15) is 5.75 Å². The fourth-order valence-electron chi connectivity index (χ4n) is 2.07. The Balaban J connectivity index is 0.00000200. The summed E-state index contributed by atoms with van der Waals surface area (Å²) in [6.45, 7) is -1.85. The molecule has 1 aromatic rings. The van der Waals surface area contributed by atoms with Crippen LogP contribution in [-0.2, 0) is 11.3 Å². The summed E-state index contributed by atoms with van der Waals surface area (Å²) < 4.78 is 28.9. The summed E-state index contributed by atoms with van der Waals surface area (Å²) in [5.74, 6) is -0.0125. The Labute approximate surface area is 122 Å². The maximum atomic E-state index is 12.2. The number of rotatable bonds is 5. The van der Waals surface area contributed by atoms with Gasteiger partial charge < -0.3 is 15.4 Å². The zero-order valence-corrected chi connectivity index (χ0v) is 11.6. The molecule has 0 spiro atoms. The van der Waals surface area contributed by atoms with Crippen molar-refractivity contribution in [1.29, 1.82) is 0 Å². The highest BCUT2D eigenvalue weighted by atomic mass is 35.5. The van der Waals surface area contributed by atoms with Crippen molar-refractivity contribution in [3.05, 3.63) is 29.8 Å². The Morgan fingerprint density at radius 2 is 2.20 bits per heavy atom. The highest BCUT2D eigenvalue weighted by Gasteiger charge is 2.21. The van der Waals surface area contributed by atoms with Crippen molar-refractivity contribution in [3.63, 3.8) is 0 Å². The van der Waals surface area contributed by atoms with Gasteiger partial charge >= 0.3 is 6.61 Å². The van der Waals surface area contributed by atoms with Gasteiger partial charge in [-0.1, -0.05) is 18.2 Å². The molecular formula is C13H17ClF2N2O2. The topological polar surface area (TPSA) is 50.4 Å². The predicted octanol–water partition coefficient (Wildman–Crippen LogP) is 2.08. The number of nitrogens with one attached hydrogen (secondary N) is 2. The van der Waals surface area contributed by atoms with Crippen LogP contribution in [0.3, 0.4) is 0 Å². The van der Waals surface area contributed by atoms with Crippen LogP contribution in [0, 0.1) is 0 Å². The molecule has 0 aromatic heterocycles. The van der Waals surface area contributed by atoms with Gasteiger partial charge in [0.2, 0.25) is 5.91 Å². The lowest BCUT2D eigenvalue weighted by Gasteiger charge is -2.13. The molecule has 1 atom stereocenters. The Bertz CT molecular complexity index is 440. The monoisotopic (exact) mass is 306 g/mol. The summed E-state index contributed by atoms with van der Waals surface area (Å²) in [6.07, 6.45) is 1.78. The van der Waals surface area contributed by atoms with E-state index in [0.717, 1.165) is 19.4 Å². The number of ether oxygens (including phenoxy) is 1. The predicted molar refractivity (Wildman–Crippen MR) is 73.2 cm³/mol. The summed E-state index contributed by atoms with van der Waals surface area (Å²) in [5.41, 5.74) is 0.536. The Morgan fingerprint density at radius 3 is 2.85 bits per heavy atom. The molecule has 0 bridgehead atoms. The van der Waals surface area contributed by atoms with Crippen LogP contribution in [0.15, 0.2) is 24.3 Å². The van der Waals surface area contributed by atoms with Gasteiger partial charge in [0.15, 0.2) is 0 Å². The summed E-state index contributed by atoms with van der Waals surface area (Å²) >= 11 is 0. The van der Waals surface area contributed by atoms with Gasteiger partial charge in [-0.15, -0.1) is 12.4 Å². The third-order valence-electron chi connectivity index (χ3n) is 3.02. The molecule has 1 fully saturated rings. The largest absolute Gasteiger partial charge is 0.434 e. The molecule has 4 nitrogen and oxygen atoms in total. The normalized spacial score (nSPS) is 17.6. The Hall–Kier alpha value is -1.40. The second kappa shape index (κ2) is 8.01. The van der Waals surface area contributed by atoms with Crippen LogP contribution in [0.1, 0.15) is 18.4 Å². The average molecular weight is 307 g/mol. The van der Waals surface area contributed by atoms with Crippen LogP contribution < -0.4 is 15.4 Å². The number of benzene rings is 1. The first-order chi connectivity index (χ1) is 9.16. The van der Waals surface area contributed by atoms with Crippen LogP contribution in [-0.4, -0.2) is 25.1 Å². The lowest BCUT2D eigenvalue weighted by molar-refractivity contribution is -0.122. The minimum atomic E-state index is -2.87. The van der Waals surface area contributed by atoms with Crippen LogP contribution in [0.4, 0.5) is 8.78 Å². The molecule has 1 aliphatic heterocycles. The molecule has 1 unspecified atom stereocenters. The van der Waals surface area contributed by atoms with Crippen LogP contribution in [0.2, 0.25) is 0 Å². The second-order valence-electron chi connectivity index (χ2n) is 4.35. The van der Waals surface area contributed by atoms with Crippen molar-refractivity contribution in [1.82, 2.24) is 10.6 Å². The number of hydrogen-bond donors (Lipinski definition) is 2. The molecule has 2 rings (SSSR count). The third kappa shape index (κ3) is 4.61. The first-order valence-corrected chi connectivity index (χ1v) is 6.20. The lowest BCUT2D eigenvalue weighted by atomic mass is 10.2. The quantitative estimate of drug-likeness (QED) is 0.876. The van der Waals surface area contributed by atoms with Gasteiger partial charge in [-0.2, -0.15) is 8.78 Å². The van der Waals surface area contributed by atoms with E-state index in [1.54, 1.807) is 18.2 Å². The highest BCUT2D eigenvalue weighted by Crippen LogP contribution is 2.20. The number of carbonyl (C=O) groups is 1. The molecular weight excluding hydrogens is 290 g/mol. The van der Waals surface area contributed by atoms with E-state index in [1.807, 2.05) is 0 Å². The molecule has 20 heavy (non-hydrogen) atoms. The van der Waals surface area contributed by atoms with Crippen LogP contribution in [0.5, 0.6) is 5.75 Å². The van der Waals surface area contributed by atoms with Crippen molar-refractivity contribution in [2.45, 2.75) is 32.0 Å². The maximum Gasteiger partial charge on any atom is 0.387 e. The zero-order chi connectivity index (χ0) is 13.7. The summed E-state index contributed by atoms with van der Waals surface area (Å²) in [4.78, 5) is 11.8. The van der Waals surface area contributed by atoms with Crippen LogP contribution in [0.25, 0.3) is 0 Å².